The van der Waals surface area contributed by atoms with Crippen molar-refractivity contribution in [1.29, 1.82) is 0 Å². The van der Waals surface area contributed by atoms with Crippen LogP contribution in [0.4, 0.5) is 0 Å². The highest BCUT2D eigenvalue weighted by Crippen LogP contribution is 2.31. The molecule has 0 aromatic carbocycles. The smallest absolute Gasteiger partial charge is 0.324 e. The maximum atomic E-state index is 12.7. The van der Waals surface area contributed by atoms with Gasteiger partial charge in [0.2, 0.25) is 0 Å². The lowest BCUT2D eigenvalue weighted by molar-refractivity contribution is -0.171. The van der Waals surface area contributed by atoms with E-state index in [1.54, 1.807) is 19.9 Å². The molecule has 0 unspecified atom stereocenters. The molecule has 0 aliphatic carbocycles. The van der Waals surface area contributed by atoms with Crippen LogP contribution in [0.2, 0.25) is 19.6 Å². The van der Waals surface area contributed by atoms with E-state index < -0.39 is 25.4 Å². The lowest BCUT2D eigenvalue weighted by Crippen LogP contribution is -2.41. The first-order valence-corrected chi connectivity index (χ1v) is 14.0. The average Bonchev–Trinajstić information content (AvgIpc) is 2.61. The fraction of sp³-hybridized carbons (Fsp3) is 0.696. The molecule has 0 saturated carbocycles. The summed E-state index contributed by atoms with van der Waals surface area (Å²) in [6.07, 6.45) is 9.70. The minimum Gasteiger partial charge on any atom is -0.465 e. The molecule has 0 amide bonds. The van der Waals surface area contributed by atoms with Crippen LogP contribution in [0, 0.1) is 16.9 Å². The molecule has 158 valence electrons. The molecule has 0 heterocycles. The second kappa shape index (κ2) is 14.3. The summed E-state index contributed by atoms with van der Waals surface area (Å²) in [6.45, 7) is 12.4. The largest absolute Gasteiger partial charge is 0.465 e. The van der Waals surface area contributed by atoms with Gasteiger partial charge in [0, 0.05) is 12.8 Å². The average molecular weight is 407 g/mol. The standard InChI is InChI=1S/C23H38O4Si/c1-7-10-11-12-13-14-15-16-18-23(21(24)26-8-2,22(25)27-9-3)19-17-20-28(4,5)6/h14,16H,7-13,18-19H2,1-6H3. The molecule has 5 heteroatoms. The molecular weight excluding hydrogens is 368 g/mol. The zero-order valence-electron chi connectivity index (χ0n) is 18.7. The third kappa shape index (κ3) is 10.5. The molecular formula is C23H38O4Si. The maximum absolute atomic E-state index is 12.7. The van der Waals surface area contributed by atoms with Gasteiger partial charge < -0.3 is 9.47 Å². The molecule has 0 aromatic rings. The van der Waals surface area contributed by atoms with Gasteiger partial charge in [-0.2, -0.15) is 0 Å². The van der Waals surface area contributed by atoms with Gasteiger partial charge in [-0.25, -0.2) is 0 Å². The maximum Gasteiger partial charge on any atom is 0.324 e. The number of rotatable bonds is 12. The first-order valence-electron chi connectivity index (χ1n) is 10.5. The Bertz CT molecular complexity index is 580. The van der Waals surface area contributed by atoms with Crippen LogP contribution in [0.1, 0.15) is 65.7 Å². The highest BCUT2D eigenvalue weighted by atomic mass is 28.3. The van der Waals surface area contributed by atoms with E-state index in [-0.39, 0.29) is 26.1 Å². The van der Waals surface area contributed by atoms with E-state index in [0.29, 0.717) is 0 Å². The zero-order valence-corrected chi connectivity index (χ0v) is 19.7. The summed E-state index contributed by atoms with van der Waals surface area (Å²) in [5, 5.41) is 0. The van der Waals surface area contributed by atoms with Crippen molar-refractivity contribution in [2.75, 3.05) is 13.2 Å². The van der Waals surface area contributed by atoms with Crippen molar-refractivity contribution in [2.24, 2.45) is 5.41 Å². The predicted octanol–water partition coefficient (Wildman–Crippen LogP) is 5.44. The molecule has 0 bridgehead atoms. The second-order valence-corrected chi connectivity index (χ2v) is 12.6. The third-order valence-electron chi connectivity index (χ3n) is 4.07. The molecule has 0 aromatic heterocycles. The van der Waals surface area contributed by atoms with Crippen LogP contribution in [-0.2, 0) is 19.1 Å². The lowest BCUT2D eigenvalue weighted by Gasteiger charge is -2.26. The van der Waals surface area contributed by atoms with Crippen molar-refractivity contribution in [3.05, 3.63) is 17.9 Å². The molecule has 0 fully saturated rings. The van der Waals surface area contributed by atoms with Crippen molar-refractivity contribution < 1.29 is 19.1 Å². The van der Waals surface area contributed by atoms with Gasteiger partial charge >= 0.3 is 11.9 Å². The van der Waals surface area contributed by atoms with E-state index >= 15 is 0 Å². The zero-order chi connectivity index (χ0) is 21.5. The van der Waals surface area contributed by atoms with Gasteiger partial charge in [-0.1, -0.05) is 45.8 Å². The topological polar surface area (TPSA) is 52.6 Å². The van der Waals surface area contributed by atoms with Gasteiger partial charge in [-0.15, -0.1) is 17.2 Å². The number of hydrogen-bond acceptors (Lipinski definition) is 4. The van der Waals surface area contributed by atoms with E-state index in [1.807, 2.05) is 6.08 Å². The summed E-state index contributed by atoms with van der Waals surface area (Å²) >= 11 is 0. The Morgan fingerprint density at radius 1 is 0.929 bits per heavy atom. The van der Waals surface area contributed by atoms with Crippen LogP contribution in [0.5, 0.6) is 0 Å². The van der Waals surface area contributed by atoms with Gasteiger partial charge in [0.05, 0.1) is 13.2 Å². The fourth-order valence-corrected chi connectivity index (χ4v) is 3.16. The summed E-state index contributed by atoms with van der Waals surface area (Å²) in [5.74, 6) is 1.93. The second-order valence-electron chi connectivity index (χ2n) is 7.88. The van der Waals surface area contributed by atoms with Crippen LogP contribution in [-0.4, -0.2) is 33.2 Å². The molecule has 4 nitrogen and oxygen atoms in total. The minimum absolute atomic E-state index is 0.101. The molecule has 0 aliphatic rings. The molecule has 0 radical (unpaired) electrons. The van der Waals surface area contributed by atoms with Crippen LogP contribution >= 0.6 is 0 Å². The summed E-state index contributed by atoms with van der Waals surface area (Å²) in [4.78, 5) is 25.5. The van der Waals surface area contributed by atoms with Crippen molar-refractivity contribution in [1.82, 2.24) is 0 Å². The first kappa shape index (κ1) is 26.2. The van der Waals surface area contributed by atoms with Crippen LogP contribution in [0.25, 0.3) is 0 Å². The quantitative estimate of drug-likeness (QED) is 0.108. The van der Waals surface area contributed by atoms with E-state index in [4.69, 9.17) is 9.47 Å². The summed E-state index contributed by atoms with van der Waals surface area (Å²) in [5.41, 5.74) is 4.92. The summed E-state index contributed by atoms with van der Waals surface area (Å²) in [7, 11) is -1.62. The highest BCUT2D eigenvalue weighted by Gasteiger charge is 2.47. The van der Waals surface area contributed by atoms with Gasteiger partial charge in [0.15, 0.2) is 5.41 Å². The third-order valence-corrected chi connectivity index (χ3v) is 5.00. The van der Waals surface area contributed by atoms with Crippen molar-refractivity contribution >= 4 is 20.0 Å². The SMILES string of the molecule is CCCCCCC=C=CCC(CC#C[Si](C)(C)C)(C(=O)OCC)C(=O)OCC. The number of carbonyl (C=O) groups excluding carboxylic acids is 2. The lowest BCUT2D eigenvalue weighted by atomic mass is 9.81. The number of hydrogen-bond donors (Lipinski definition) is 0. The van der Waals surface area contributed by atoms with E-state index in [2.05, 4.69) is 43.8 Å². The van der Waals surface area contributed by atoms with Gasteiger partial charge in [0.25, 0.3) is 0 Å². The Labute approximate surface area is 172 Å². The molecule has 0 atom stereocenters. The fourth-order valence-electron chi connectivity index (χ4n) is 2.54. The predicted molar refractivity (Wildman–Crippen MR) is 117 cm³/mol. The molecule has 0 rings (SSSR count). The van der Waals surface area contributed by atoms with Gasteiger partial charge in [-0.05, 0) is 38.8 Å². The molecule has 28 heavy (non-hydrogen) atoms. The number of unbranched alkanes of at least 4 members (excludes halogenated alkanes) is 4. The Morgan fingerprint density at radius 2 is 1.54 bits per heavy atom. The van der Waals surface area contributed by atoms with Crippen molar-refractivity contribution in [3.63, 3.8) is 0 Å². The summed E-state index contributed by atoms with van der Waals surface area (Å²) in [6, 6.07) is 0. The summed E-state index contributed by atoms with van der Waals surface area (Å²) < 4.78 is 10.5. The molecule has 0 N–H and O–H groups in total. The number of esters is 2. The van der Waals surface area contributed by atoms with E-state index in [9.17, 15) is 9.59 Å². The van der Waals surface area contributed by atoms with E-state index in [0.717, 1.165) is 12.8 Å². The van der Waals surface area contributed by atoms with Crippen molar-refractivity contribution in [3.8, 4) is 11.5 Å². The Morgan fingerprint density at radius 3 is 2.04 bits per heavy atom. The van der Waals surface area contributed by atoms with E-state index in [1.165, 1.54) is 19.3 Å². The Kier molecular flexibility index (Phi) is 13.4. The number of ether oxygens (including phenoxy) is 2. The Balaban J connectivity index is 5.51. The molecule has 0 spiro atoms. The number of allylic oxidation sites excluding steroid dienone is 1. The van der Waals surface area contributed by atoms with Gasteiger partial charge in [0.1, 0.15) is 8.07 Å². The Hall–Kier alpha value is -1.76. The van der Waals surface area contributed by atoms with Crippen LogP contribution in [0.3, 0.4) is 0 Å². The van der Waals surface area contributed by atoms with Crippen molar-refractivity contribution in [2.45, 2.75) is 85.4 Å². The molecule has 0 aliphatic heterocycles. The highest BCUT2D eigenvalue weighted by molar-refractivity contribution is 6.83. The normalized spacial score (nSPS) is 10.9. The minimum atomic E-state index is -1.62. The van der Waals surface area contributed by atoms with Crippen LogP contribution in [0.15, 0.2) is 17.9 Å². The number of carbonyl (C=O) groups is 2. The van der Waals surface area contributed by atoms with Gasteiger partial charge in [-0.3, -0.25) is 9.59 Å². The first-order chi connectivity index (χ1) is 13.2. The van der Waals surface area contributed by atoms with Crippen LogP contribution < -0.4 is 0 Å². The monoisotopic (exact) mass is 406 g/mol. The molecule has 0 saturated heterocycles.